The van der Waals surface area contributed by atoms with Crippen LogP contribution in [0.25, 0.3) is 0 Å². The van der Waals surface area contributed by atoms with Gasteiger partial charge in [0.05, 0.1) is 12.1 Å². The molecule has 82 valence electrons. The van der Waals surface area contributed by atoms with E-state index in [0.717, 1.165) is 19.4 Å². The van der Waals surface area contributed by atoms with Gasteiger partial charge in [-0.2, -0.15) is 5.26 Å². The highest BCUT2D eigenvalue weighted by Gasteiger charge is 2.50. The molecule has 4 nitrogen and oxygen atoms in total. The zero-order valence-corrected chi connectivity index (χ0v) is 9.64. The molecular weight excluding hydrogens is 210 g/mol. The Hall–Kier alpha value is -0.890. The third-order valence-electron chi connectivity index (χ3n) is 3.55. The van der Waals surface area contributed by atoms with Gasteiger partial charge in [0.25, 0.3) is 5.24 Å². The number of carbonyl (C=O) groups excluding carboxylic acids is 1. The first-order valence-electron chi connectivity index (χ1n) is 5.21. The summed E-state index contributed by atoms with van der Waals surface area (Å²) in [4.78, 5) is 13.2. The summed E-state index contributed by atoms with van der Waals surface area (Å²) in [6.45, 7) is 1.51. The molecule has 5 heteroatoms. The van der Waals surface area contributed by atoms with Crippen molar-refractivity contribution in [1.82, 2.24) is 10.2 Å². The van der Waals surface area contributed by atoms with Crippen molar-refractivity contribution < 1.29 is 4.79 Å². The molecule has 15 heavy (non-hydrogen) atoms. The number of carbonyl (C=O) groups is 1. The number of likely N-dealkylation sites (tertiary alicyclic amines) is 1. The fraction of sp³-hybridized carbons (Fsp3) is 0.800. The topological polar surface area (TPSA) is 56.1 Å². The highest BCUT2D eigenvalue weighted by molar-refractivity contribution is 8.12. The average molecular weight is 225 g/mol. The lowest BCUT2D eigenvalue weighted by atomic mass is 9.91. The van der Waals surface area contributed by atoms with Crippen molar-refractivity contribution in [2.75, 3.05) is 19.3 Å². The second-order valence-corrected chi connectivity index (χ2v) is 5.12. The lowest BCUT2D eigenvalue weighted by Crippen LogP contribution is -2.50. The molecule has 0 aromatic rings. The summed E-state index contributed by atoms with van der Waals surface area (Å²) in [5.41, 5.74) is -0.115. The van der Waals surface area contributed by atoms with Crippen LogP contribution in [0.5, 0.6) is 0 Å². The van der Waals surface area contributed by atoms with E-state index in [9.17, 15) is 4.79 Å². The Balaban J connectivity index is 2.11. The molecule has 2 unspecified atom stereocenters. The zero-order chi connectivity index (χ0) is 10.9. The number of hydrogen-bond acceptors (Lipinski definition) is 4. The normalized spacial score (nSPS) is 33.6. The quantitative estimate of drug-likeness (QED) is 0.685. The molecule has 0 aromatic heterocycles. The molecule has 1 N–H and O–H groups in total. The minimum Gasteiger partial charge on any atom is -0.339 e. The number of hydrogen-bond donors (Lipinski definition) is 1. The molecule has 2 fully saturated rings. The number of amides is 1. The molecule has 0 aromatic carbocycles. The van der Waals surface area contributed by atoms with Crippen LogP contribution in [-0.2, 0) is 0 Å². The minimum atomic E-state index is -0.115. The van der Waals surface area contributed by atoms with Crippen molar-refractivity contribution in [2.45, 2.75) is 24.8 Å². The van der Waals surface area contributed by atoms with E-state index in [1.54, 1.807) is 11.2 Å². The van der Waals surface area contributed by atoms with E-state index in [1.165, 1.54) is 18.2 Å². The summed E-state index contributed by atoms with van der Waals surface area (Å²) in [5.74, 6) is 0.466. The van der Waals surface area contributed by atoms with Gasteiger partial charge in [-0.15, -0.1) is 0 Å². The highest BCUT2D eigenvalue weighted by Crippen LogP contribution is 2.41. The molecule has 0 radical (unpaired) electrons. The SMILES string of the molecule is CSC(=O)NC12CCCC1CN(C#N)C2. The van der Waals surface area contributed by atoms with Gasteiger partial charge in [-0.1, -0.05) is 18.2 Å². The molecule has 1 amide bonds. The Morgan fingerprint density at radius 3 is 3.20 bits per heavy atom. The van der Waals surface area contributed by atoms with Gasteiger partial charge < -0.3 is 10.2 Å². The molecule has 2 aliphatic rings. The molecule has 1 aliphatic heterocycles. The monoisotopic (exact) mass is 225 g/mol. The molecule has 1 saturated carbocycles. The van der Waals surface area contributed by atoms with Gasteiger partial charge in [0, 0.05) is 12.5 Å². The van der Waals surface area contributed by atoms with Crippen molar-refractivity contribution in [1.29, 1.82) is 5.26 Å². The standard InChI is InChI=1S/C10H15N3OS/c1-15-9(14)12-10-4-2-3-8(10)5-13(6-10)7-11/h8H,2-6H2,1H3,(H,12,14). The summed E-state index contributed by atoms with van der Waals surface area (Å²) in [5, 5.41) is 12.0. The van der Waals surface area contributed by atoms with Crippen LogP contribution in [0.1, 0.15) is 19.3 Å². The van der Waals surface area contributed by atoms with Crippen molar-refractivity contribution in [3.05, 3.63) is 0 Å². The largest absolute Gasteiger partial charge is 0.339 e. The Labute approximate surface area is 94.0 Å². The van der Waals surface area contributed by atoms with Gasteiger partial charge in [0.1, 0.15) is 0 Å². The number of nitriles is 1. The molecule has 0 bridgehead atoms. The van der Waals surface area contributed by atoms with Crippen LogP contribution < -0.4 is 5.32 Å². The minimum absolute atomic E-state index is 0.0293. The van der Waals surface area contributed by atoms with Gasteiger partial charge in [-0.25, -0.2) is 0 Å². The van der Waals surface area contributed by atoms with Gasteiger partial charge in [0.15, 0.2) is 6.19 Å². The van der Waals surface area contributed by atoms with Crippen LogP contribution in [-0.4, -0.2) is 35.0 Å². The second kappa shape index (κ2) is 3.93. The summed E-state index contributed by atoms with van der Waals surface area (Å²) < 4.78 is 0. The van der Waals surface area contributed by atoms with Crippen LogP contribution in [0.3, 0.4) is 0 Å². The smallest absolute Gasteiger partial charge is 0.279 e. The van der Waals surface area contributed by atoms with Crippen molar-refractivity contribution in [2.24, 2.45) is 5.92 Å². The second-order valence-electron chi connectivity index (χ2n) is 4.34. The number of nitrogens with zero attached hydrogens (tertiary/aromatic N) is 2. The third-order valence-corrected chi connectivity index (χ3v) is 4.02. The van der Waals surface area contributed by atoms with Crippen molar-refractivity contribution in [3.8, 4) is 6.19 Å². The maximum absolute atomic E-state index is 11.5. The Morgan fingerprint density at radius 1 is 1.73 bits per heavy atom. The number of fused-ring (bicyclic) bond motifs is 1. The van der Waals surface area contributed by atoms with Crippen LogP contribution in [0, 0.1) is 17.4 Å². The van der Waals surface area contributed by atoms with Crippen LogP contribution in [0.15, 0.2) is 0 Å². The van der Waals surface area contributed by atoms with E-state index in [4.69, 9.17) is 5.26 Å². The van der Waals surface area contributed by atoms with E-state index < -0.39 is 0 Å². The summed E-state index contributed by atoms with van der Waals surface area (Å²) in [6, 6.07) is 0. The fourth-order valence-electron chi connectivity index (χ4n) is 2.82. The number of thioether (sulfide) groups is 1. The number of nitrogens with one attached hydrogen (secondary N) is 1. The van der Waals surface area contributed by atoms with Crippen molar-refractivity contribution >= 4 is 17.0 Å². The maximum Gasteiger partial charge on any atom is 0.279 e. The van der Waals surface area contributed by atoms with E-state index in [-0.39, 0.29) is 10.8 Å². The van der Waals surface area contributed by atoms with Gasteiger partial charge in [-0.05, 0) is 19.1 Å². The van der Waals surface area contributed by atoms with Crippen LogP contribution >= 0.6 is 11.8 Å². The summed E-state index contributed by atoms with van der Waals surface area (Å²) in [7, 11) is 0. The first kappa shape index (κ1) is 10.6. The Bertz CT molecular complexity index is 314. The summed E-state index contributed by atoms with van der Waals surface area (Å²) in [6.07, 6.45) is 7.28. The van der Waals surface area contributed by atoms with E-state index in [0.29, 0.717) is 12.5 Å². The lowest BCUT2D eigenvalue weighted by molar-refractivity contribution is 0.240. The molecule has 1 heterocycles. The van der Waals surface area contributed by atoms with Crippen LogP contribution in [0.4, 0.5) is 4.79 Å². The Kier molecular flexibility index (Phi) is 2.79. The molecule has 2 atom stereocenters. The fourth-order valence-corrected chi connectivity index (χ4v) is 3.13. The molecule has 1 saturated heterocycles. The predicted molar refractivity (Wildman–Crippen MR) is 59.3 cm³/mol. The van der Waals surface area contributed by atoms with Gasteiger partial charge in [0.2, 0.25) is 0 Å². The van der Waals surface area contributed by atoms with E-state index in [2.05, 4.69) is 11.5 Å². The van der Waals surface area contributed by atoms with E-state index in [1.807, 2.05) is 0 Å². The summed E-state index contributed by atoms with van der Waals surface area (Å²) >= 11 is 1.21. The third kappa shape index (κ3) is 1.78. The zero-order valence-electron chi connectivity index (χ0n) is 8.82. The molecule has 0 spiro atoms. The Morgan fingerprint density at radius 2 is 2.53 bits per heavy atom. The first-order valence-corrected chi connectivity index (χ1v) is 6.43. The molecular formula is C10H15N3OS. The lowest BCUT2D eigenvalue weighted by Gasteiger charge is -2.29. The number of rotatable bonds is 1. The first-order chi connectivity index (χ1) is 7.20. The predicted octanol–water partition coefficient (Wildman–Crippen LogP) is 1.39. The highest BCUT2D eigenvalue weighted by atomic mass is 32.2. The van der Waals surface area contributed by atoms with Gasteiger partial charge in [-0.3, -0.25) is 4.79 Å². The maximum atomic E-state index is 11.5. The molecule has 1 aliphatic carbocycles. The molecule has 2 rings (SSSR count). The van der Waals surface area contributed by atoms with Gasteiger partial charge >= 0.3 is 0 Å². The van der Waals surface area contributed by atoms with Crippen molar-refractivity contribution in [3.63, 3.8) is 0 Å². The van der Waals surface area contributed by atoms with E-state index >= 15 is 0 Å². The average Bonchev–Trinajstić information content (AvgIpc) is 2.73. The van der Waals surface area contributed by atoms with Crippen LogP contribution in [0.2, 0.25) is 0 Å².